The summed E-state index contributed by atoms with van der Waals surface area (Å²) in [6, 6.07) is 20.6. The summed E-state index contributed by atoms with van der Waals surface area (Å²) in [6.07, 6.45) is 2.33. The van der Waals surface area contributed by atoms with Crippen LogP contribution in [0.2, 0.25) is 5.02 Å². The van der Waals surface area contributed by atoms with Crippen molar-refractivity contribution in [2.75, 3.05) is 20.2 Å². The van der Waals surface area contributed by atoms with Crippen molar-refractivity contribution in [1.82, 2.24) is 14.5 Å². The van der Waals surface area contributed by atoms with Gasteiger partial charge in [0.2, 0.25) is 21.8 Å². The van der Waals surface area contributed by atoms with Crippen molar-refractivity contribution >= 4 is 33.4 Å². The number of benzene rings is 3. The summed E-state index contributed by atoms with van der Waals surface area (Å²) in [6.45, 7) is 3.32. The first kappa shape index (κ1) is 30.6. The van der Waals surface area contributed by atoms with E-state index in [4.69, 9.17) is 16.3 Å². The van der Waals surface area contributed by atoms with Crippen LogP contribution in [0.5, 0.6) is 5.75 Å². The van der Waals surface area contributed by atoms with Crippen molar-refractivity contribution < 1.29 is 22.7 Å². The lowest BCUT2D eigenvalue weighted by Gasteiger charge is -2.29. The number of ether oxygens (including phenoxy) is 1. The lowest BCUT2D eigenvalue weighted by molar-refractivity contribution is -0.140. The minimum atomic E-state index is -3.49. The fourth-order valence-corrected chi connectivity index (χ4v) is 6.49. The van der Waals surface area contributed by atoms with E-state index in [2.05, 4.69) is 5.32 Å². The topological polar surface area (TPSA) is 96.0 Å². The zero-order valence-corrected chi connectivity index (χ0v) is 25.0. The summed E-state index contributed by atoms with van der Waals surface area (Å²) in [5, 5.41) is 3.51. The van der Waals surface area contributed by atoms with Crippen LogP contribution in [0.3, 0.4) is 0 Å². The molecule has 0 aromatic heterocycles. The van der Waals surface area contributed by atoms with Crippen LogP contribution in [0.1, 0.15) is 42.9 Å². The Balaban J connectivity index is 1.43. The summed E-state index contributed by atoms with van der Waals surface area (Å²) in [7, 11) is -1.91. The summed E-state index contributed by atoms with van der Waals surface area (Å²) in [5.74, 6) is 0.206. The molecular formula is C31H36ClN3O5S. The molecule has 0 spiro atoms. The van der Waals surface area contributed by atoms with Crippen molar-refractivity contribution in [2.45, 2.75) is 56.6 Å². The monoisotopic (exact) mass is 597 g/mol. The van der Waals surface area contributed by atoms with E-state index in [9.17, 15) is 18.0 Å². The summed E-state index contributed by atoms with van der Waals surface area (Å²) >= 11 is 6.05. The second-order valence-corrected chi connectivity index (χ2v) is 12.5. The Bertz CT molecular complexity index is 1440. The van der Waals surface area contributed by atoms with E-state index in [1.165, 1.54) is 4.31 Å². The molecule has 1 aliphatic heterocycles. The predicted molar refractivity (Wildman–Crippen MR) is 159 cm³/mol. The Morgan fingerprint density at radius 1 is 0.976 bits per heavy atom. The van der Waals surface area contributed by atoms with Gasteiger partial charge in [-0.25, -0.2) is 8.42 Å². The quantitative estimate of drug-likeness (QED) is 0.324. The molecule has 1 unspecified atom stereocenters. The van der Waals surface area contributed by atoms with Crippen molar-refractivity contribution in [1.29, 1.82) is 0 Å². The summed E-state index contributed by atoms with van der Waals surface area (Å²) < 4.78 is 32.5. The fourth-order valence-electron chi connectivity index (χ4n) is 4.85. The standard InChI is InChI=1S/C31H36ClN3O5S/c1-23(31(37)33-21-26-7-3-4-8-29(26)40-2)35(22-25-9-14-27(32)15-10-25)30(36)18-13-24-11-16-28(17-12-24)41(38,39)34-19-5-6-20-34/h3-4,7-12,14-17,23H,5-6,13,18-22H2,1-2H3,(H,33,37). The first-order chi connectivity index (χ1) is 19.7. The van der Waals surface area contributed by atoms with E-state index < -0.39 is 16.1 Å². The van der Waals surface area contributed by atoms with Crippen LogP contribution in [0, 0.1) is 0 Å². The third kappa shape index (κ3) is 7.87. The van der Waals surface area contributed by atoms with E-state index >= 15 is 0 Å². The van der Waals surface area contributed by atoms with Gasteiger partial charge in [0.15, 0.2) is 0 Å². The number of nitrogens with one attached hydrogen (secondary N) is 1. The second kappa shape index (κ2) is 14.0. The number of carbonyl (C=O) groups is 2. The highest BCUT2D eigenvalue weighted by Crippen LogP contribution is 2.22. The van der Waals surface area contributed by atoms with Gasteiger partial charge >= 0.3 is 0 Å². The third-order valence-electron chi connectivity index (χ3n) is 7.33. The van der Waals surface area contributed by atoms with Gasteiger partial charge in [-0.15, -0.1) is 0 Å². The Labute approximate surface area is 247 Å². The van der Waals surface area contributed by atoms with Crippen LogP contribution in [0.4, 0.5) is 0 Å². The highest BCUT2D eigenvalue weighted by atomic mass is 35.5. The molecule has 4 rings (SSSR count). The van der Waals surface area contributed by atoms with Gasteiger partial charge in [-0.3, -0.25) is 9.59 Å². The largest absolute Gasteiger partial charge is 0.496 e. The highest BCUT2D eigenvalue weighted by molar-refractivity contribution is 7.89. The molecular weight excluding hydrogens is 562 g/mol. The normalized spacial score (nSPS) is 14.4. The molecule has 3 aromatic rings. The molecule has 1 saturated heterocycles. The predicted octanol–water partition coefficient (Wildman–Crippen LogP) is 4.80. The van der Waals surface area contributed by atoms with Gasteiger partial charge in [0.1, 0.15) is 11.8 Å². The minimum absolute atomic E-state index is 0.163. The number of halogens is 1. The first-order valence-electron chi connectivity index (χ1n) is 13.7. The fraction of sp³-hybridized carbons (Fsp3) is 0.355. The Morgan fingerprint density at radius 2 is 1.61 bits per heavy atom. The van der Waals surface area contributed by atoms with Crippen molar-refractivity contribution in [3.8, 4) is 5.75 Å². The molecule has 1 heterocycles. The lowest BCUT2D eigenvalue weighted by atomic mass is 10.1. The summed E-state index contributed by atoms with van der Waals surface area (Å²) in [4.78, 5) is 28.5. The van der Waals surface area contributed by atoms with Crippen molar-refractivity contribution in [3.63, 3.8) is 0 Å². The molecule has 1 N–H and O–H groups in total. The molecule has 218 valence electrons. The van der Waals surface area contributed by atoms with E-state index in [1.54, 1.807) is 55.3 Å². The average Bonchev–Trinajstić information content (AvgIpc) is 3.55. The van der Waals surface area contributed by atoms with Gasteiger partial charge in [0.05, 0.1) is 12.0 Å². The maximum absolute atomic E-state index is 13.5. The molecule has 10 heteroatoms. The van der Waals surface area contributed by atoms with Crippen LogP contribution in [0.15, 0.2) is 77.7 Å². The first-order valence-corrected chi connectivity index (χ1v) is 15.5. The SMILES string of the molecule is COc1ccccc1CNC(=O)C(C)N(Cc1ccc(Cl)cc1)C(=O)CCc1ccc(S(=O)(=O)N2CCCC2)cc1. The zero-order chi connectivity index (χ0) is 29.4. The lowest BCUT2D eigenvalue weighted by Crippen LogP contribution is -2.47. The van der Waals surface area contributed by atoms with Crippen LogP contribution < -0.4 is 10.1 Å². The zero-order valence-electron chi connectivity index (χ0n) is 23.4. The van der Waals surface area contributed by atoms with Crippen LogP contribution in [-0.2, 0) is 39.1 Å². The number of carbonyl (C=O) groups excluding carboxylic acids is 2. The number of nitrogens with zero attached hydrogens (tertiary/aromatic N) is 2. The number of methoxy groups -OCH3 is 1. The molecule has 3 aromatic carbocycles. The van der Waals surface area contributed by atoms with Gasteiger partial charge in [0, 0.05) is 43.2 Å². The average molecular weight is 598 g/mol. The maximum atomic E-state index is 13.5. The molecule has 0 aliphatic carbocycles. The number of aryl methyl sites for hydroxylation is 1. The van der Waals surface area contributed by atoms with Crippen LogP contribution in [0.25, 0.3) is 0 Å². The third-order valence-corrected chi connectivity index (χ3v) is 9.50. The van der Waals surface area contributed by atoms with E-state index in [0.29, 0.717) is 30.3 Å². The second-order valence-electron chi connectivity index (χ2n) is 10.1. The molecule has 1 aliphatic rings. The van der Waals surface area contributed by atoms with Crippen molar-refractivity contribution in [3.05, 3.63) is 94.5 Å². The molecule has 0 bridgehead atoms. The van der Waals surface area contributed by atoms with Crippen LogP contribution in [-0.4, -0.2) is 55.7 Å². The Hall–Kier alpha value is -3.40. The Morgan fingerprint density at radius 3 is 2.27 bits per heavy atom. The number of hydrogen-bond donors (Lipinski definition) is 1. The number of para-hydroxylation sites is 1. The molecule has 0 radical (unpaired) electrons. The van der Waals surface area contributed by atoms with Crippen molar-refractivity contribution in [2.24, 2.45) is 0 Å². The Kier molecular flexibility index (Phi) is 10.4. The summed E-state index contributed by atoms with van der Waals surface area (Å²) in [5.41, 5.74) is 2.53. The van der Waals surface area contributed by atoms with Gasteiger partial charge < -0.3 is 15.0 Å². The van der Waals surface area contributed by atoms with Crippen LogP contribution >= 0.6 is 11.6 Å². The maximum Gasteiger partial charge on any atom is 0.243 e. The highest BCUT2D eigenvalue weighted by Gasteiger charge is 2.28. The molecule has 2 amide bonds. The molecule has 1 atom stereocenters. The van der Waals surface area contributed by atoms with E-state index in [0.717, 1.165) is 29.5 Å². The van der Waals surface area contributed by atoms with Gasteiger partial charge in [-0.2, -0.15) is 4.31 Å². The van der Waals surface area contributed by atoms with Gasteiger partial charge in [0.25, 0.3) is 0 Å². The van der Waals surface area contributed by atoms with Gasteiger partial charge in [-0.1, -0.05) is 54.1 Å². The number of sulfonamides is 1. The number of rotatable bonds is 12. The van der Waals surface area contributed by atoms with E-state index in [1.807, 2.05) is 36.4 Å². The molecule has 8 nitrogen and oxygen atoms in total. The number of hydrogen-bond acceptors (Lipinski definition) is 5. The smallest absolute Gasteiger partial charge is 0.243 e. The molecule has 0 saturated carbocycles. The number of amides is 2. The molecule has 1 fully saturated rings. The molecule has 41 heavy (non-hydrogen) atoms. The minimum Gasteiger partial charge on any atom is -0.496 e. The van der Waals surface area contributed by atoms with Gasteiger partial charge in [-0.05, 0) is 67.6 Å². The van der Waals surface area contributed by atoms with E-state index in [-0.39, 0.29) is 36.2 Å².